The summed E-state index contributed by atoms with van der Waals surface area (Å²) < 4.78 is 5.22. The average molecular weight is 361 g/mol. The van der Waals surface area contributed by atoms with E-state index in [9.17, 15) is 9.59 Å². The van der Waals surface area contributed by atoms with E-state index in [2.05, 4.69) is 5.92 Å². The van der Waals surface area contributed by atoms with Crippen molar-refractivity contribution < 1.29 is 14.3 Å². The third-order valence-corrected chi connectivity index (χ3v) is 5.14. The predicted molar refractivity (Wildman–Crippen MR) is 104 cm³/mol. The summed E-state index contributed by atoms with van der Waals surface area (Å²) in [6, 6.07) is 18.9. The number of imide groups is 1. The second-order valence-electron chi connectivity index (χ2n) is 6.76. The van der Waals surface area contributed by atoms with Crippen molar-refractivity contribution in [2.75, 3.05) is 6.61 Å². The van der Waals surface area contributed by atoms with E-state index >= 15 is 0 Å². The standard InChI is InChI=1S/C23H23NO3/c1-3-4-15-20(17(2)18-11-7-5-8-12-18)22(25)24-21(16-27-23(24)26)19-13-9-6-10-14-19/h1,5-14,17,20-21H,4,15-16H2,2H3. The molecule has 4 nitrogen and oxygen atoms in total. The van der Waals surface area contributed by atoms with Crippen LogP contribution in [-0.2, 0) is 9.53 Å². The number of hydrogen-bond acceptors (Lipinski definition) is 3. The van der Waals surface area contributed by atoms with Crippen LogP contribution in [0.1, 0.15) is 42.9 Å². The number of nitrogens with zero attached hydrogens (tertiary/aromatic N) is 1. The smallest absolute Gasteiger partial charge is 0.417 e. The summed E-state index contributed by atoms with van der Waals surface area (Å²) in [7, 11) is 0. The molecule has 0 aromatic heterocycles. The molecule has 0 spiro atoms. The highest BCUT2D eigenvalue weighted by Crippen LogP contribution is 2.35. The lowest BCUT2D eigenvalue weighted by molar-refractivity contribution is -0.134. The molecule has 0 saturated carbocycles. The maximum atomic E-state index is 13.4. The number of rotatable bonds is 6. The van der Waals surface area contributed by atoms with Crippen LogP contribution in [-0.4, -0.2) is 23.5 Å². The van der Waals surface area contributed by atoms with E-state index in [0.717, 1.165) is 11.1 Å². The fourth-order valence-corrected chi connectivity index (χ4v) is 3.58. The Morgan fingerprint density at radius 3 is 2.44 bits per heavy atom. The number of carbonyl (C=O) groups is 2. The van der Waals surface area contributed by atoms with Crippen molar-refractivity contribution in [3.05, 3.63) is 71.8 Å². The van der Waals surface area contributed by atoms with Gasteiger partial charge in [0.1, 0.15) is 12.6 Å². The van der Waals surface area contributed by atoms with Gasteiger partial charge in [-0.05, 0) is 23.5 Å². The van der Waals surface area contributed by atoms with Gasteiger partial charge in [0.05, 0.1) is 0 Å². The zero-order valence-electron chi connectivity index (χ0n) is 15.4. The normalized spacial score (nSPS) is 18.4. The lowest BCUT2D eigenvalue weighted by Gasteiger charge is -2.28. The molecule has 4 heteroatoms. The second-order valence-corrected chi connectivity index (χ2v) is 6.76. The van der Waals surface area contributed by atoms with Gasteiger partial charge in [0, 0.05) is 12.3 Å². The van der Waals surface area contributed by atoms with Crippen molar-refractivity contribution >= 4 is 12.0 Å². The van der Waals surface area contributed by atoms with Crippen LogP contribution in [0.25, 0.3) is 0 Å². The zero-order valence-corrected chi connectivity index (χ0v) is 15.4. The van der Waals surface area contributed by atoms with E-state index in [1.54, 1.807) is 0 Å². The SMILES string of the molecule is C#CCCC(C(=O)N1C(=O)OCC1c1ccccc1)C(C)c1ccccc1. The van der Waals surface area contributed by atoms with Crippen LogP contribution in [0.2, 0.25) is 0 Å². The first kappa shape index (κ1) is 18.7. The Kier molecular flexibility index (Phi) is 5.93. The molecule has 2 amide bonds. The van der Waals surface area contributed by atoms with Crippen molar-refractivity contribution in [1.29, 1.82) is 0 Å². The van der Waals surface area contributed by atoms with Gasteiger partial charge in [0.2, 0.25) is 5.91 Å². The lowest BCUT2D eigenvalue weighted by atomic mass is 9.83. The van der Waals surface area contributed by atoms with Crippen molar-refractivity contribution in [2.45, 2.75) is 31.7 Å². The highest BCUT2D eigenvalue weighted by atomic mass is 16.6. The minimum Gasteiger partial charge on any atom is -0.446 e. The lowest BCUT2D eigenvalue weighted by Crippen LogP contribution is -2.40. The fraction of sp³-hybridized carbons (Fsp3) is 0.304. The highest BCUT2D eigenvalue weighted by Gasteiger charge is 2.42. The monoisotopic (exact) mass is 361 g/mol. The summed E-state index contributed by atoms with van der Waals surface area (Å²) in [5.41, 5.74) is 1.94. The van der Waals surface area contributed by atoms with Crippen LogP contribution in [0.15, 0.2) is 60.7 Å². The fourth-order valence-electron chi connectivity index (χ4n) is 3.58. The minimum absolute atomic E-state index is 0.0585. The molecule has 2 aromatic rings. The number of amides is 2. The van der Waals surface area contributed by atoms with Crippen LogP contribution < -0.4 is 0 Å². The quantitative estimate of drug-likeness (QED) is 0.710. The van der Waals surface area contributed by atoms with E-state index in [1.165, 1.54) is 4.90 Å². The molecule has 3 rings (SSSR count). The summed E-state index contributed by atoms with van der Waals surface area (Å²) in [5, 5.41) is 0. The minimum atomic E-state index is -0.583. The number of ether oxygens (including phenoxy) is 1. The number of terminal acetylenes is 1. The molecule has 0 radical (unpaired) electrons. The molecule has 0 bridgehead atoms. The summed E-state index contributed by atoms with van der Waals surface area (Å²) >= 11 is 0. The van der Waals surface area contributed by atoms with Gasteiger partial charge in [0.25, 0.3) is 0 Å². The molecule has 3 unspecified atom stereocenters. The van der Waals surface area contributed by atoms with Gasteiger partial charge in [0.15, 0.2) is 0 Å². The summed E-state index contributed by atoms with van der Waals surface area (Å²) in [6.07, 6.45) is 5.87. The van der Waals surface area contributed by atoms with Crippen LogP contribution in [0.5, 0.6) is 0 Å². The number of carbonyl (C=O) groups excluding carboxylic acids is 2. The van der Waals surface area contributed by atoms with E-state index < -0.39 is 12.1 Å². The Hall–Kier alpha value is -3.06. The summed E-state index contributed by atoms with van der Waals surface area (Å²) in [5.74, 6) is 1.95. The molecular formula is C23H23NO3. The van der Waals surface area contributed by atoms with Gasteiger partial charge >= 0.3 is 6.09 Å². The Labute approximate surface area is 160 Å². The van der Waals surface area contributed by atoms with Crippen molar-refractivity contribution in [3.8, 4) is 12.3 Å². The largest absolute Gasteiger partial charge is 0.446 e. The maximum Gasteiger partial charge on any atom is 0.417 e. The molecule has 27 heavy (non-hydrogen) atoms. The van der Waals surface area contributed by atoms with Gasteiger partial charge in [-0.2, -0.15) is 0 Å². The Morgan fingerprint density at radius 1 is 1.19 bits per heavy atom. The summed E-state index contributed by atoms with van der Waals surface area (Å²) in [4.78, 5) is 27.1. The molecule has 0 aliphatic carbocycles. The molecule has 138 valence electrons. The molecule has 1 aliphatic heterocycles. The van der Waals surface area contributed by atoms with Crippen molar-refractivity contribution in [1.82, 2.24) is 4.90 Å². The first-order valence-corrected chi connectivity index (χ1v) is 9.16. The van der Waals surface area contributed by atoms with Crippen molar-refractivity contribution in [3.63, 3.8) is 0 Å². The molecular weight excluding hydrogens is 338 g/mol. The van der Waals surface area contributed by atoms with E-state index in [0.29, 0.717) is 12.8 Å². The topological polar surface area (TPSA) is 46.6 Å². The van der Waals surface area contributed by atoms with Gasteiger partial charge in [-0.15, -0.1) is 12.3 Å². The predicted octanol–water partition coefficient (Wildman–Crippen LogP) is 4.54. The molecule has 3 atom stereocenters. The van der Waals surface area contributed by atoms with Gasteiger partial charge < -0.3 is 4.74 Å². The van der Waals surface area contributed by atoms with Gasteiger partial charge in [-0.25, -0.2) is 9.69 Å². The maximum absolute atomic E-state index is 13.4. The molecule has 1 heterocycles. The van der Waals surface area contributed by atoms with Crippen LogP contribution in [0, 0.1) is 18.3 Å². The summed E-state index contributed by atoms with van der Waals surface area (Å²) in [6.45, 7) is 2.18. The Morgan fingerprint density at radius 2 is 1.81 bits per heavy atom. The Balaban J connectivity index is 1.90. The van der Waals surface area contributed by atoms with E-state index in [4.69, 9.17) is 11.2 Å². The molecule has 1 aliphatic rings. The van der Waals surface area contributed by atoms with Crippen molar-refractivity contribution in [2.24, 2.45) is 5.92 Å². The highest BCUT2D eigenvalue weighted by molar-refractivity contribution is 5.95. The second kappa shape index (κ2) is 8.55. The van der Waals surface area contributed by atoms with Gasteiger partial charge in [-0.3, -0.25) is 4.79 Å². The Bertz CT molecular complexity index is 826. The molecule has 0 N–H and O–H groups in total. The third-order valence-electron chi connectivity index (χ3n) is 5.14. The number of cyclic esters (lactones) is 1. The van der Waals surface area contributed by atoms with E-state index in [1.807, 2.05) is 67.6 Å². The average Bonchev–Trinajstić information content (AvgIpc) is 3.10. The van der Waals surface area contributed by atoms with Gasteiger partial charge in [-0.1, -0.05) is 67.6 Å². The molecule has 1 saturated heterocycles. The van der Waals surface area contributed by atoms with Crippen LogP contribution in [0.3, 0.4) is 0 Å². The van der Waals surface area contributed by atoms with E-state index in [-0.39, 0.29) is 24.3 Å². The molecule has 1 fully saturated rings. The zero-order chi connectivity index (χ0) is 19.2. The third kappa shape index (κ3) is 4.03. The van der Waals surface area contributed by atoms with Crippen LogP contribution in [0.4, 0.5) is 4.79 Å². The molecule has 2 aromatic carbocycles. The van der Waals surface area contributed by atoms with Crippen LogP contribution >= 0.6 is 0 Å². The first-order valence-electron chi connectivity index (χ1n) is 9.16. The first-order chi connectivity index (χ1) is 13.1. The number of benzene rings is 2. The number of hydrogen-bond donors (Lipinski definition) is 0.